The maximum Gasteiger partial charge on any atom is 0.318 e. The fraction of sp³-hybridized carbons (Fsp3) is 0.571. The zero-order valence-electron chi connectivity index (χ0n) is 7.53. The number of urea groups is 1. The highest BCUT2D eigenvalue weighted by molar-refractivity contribution is 5.96. The third-order valence-corrected chi connectivity index (χ3v) is 1.49. The van der Waals surface area contributed by atoms with E-state index in [4.69, 9.17) is 10.8 Å². The molecule has 0 aromatic heterocycles. The van der Waals surface area contributed by atoms with Crippen molar-refractivity contribution in [3.8, 4) is 0 Å². The van der Waals surface area contributed by atoms with Crippen molar-refractivity contribution in [1.29, 1.82) is 0 Å². The minimum atomic E-state index is -0.969. The van der Waals surface area contributed by atoms with Crippen molar-refractivity contribution in [1.82, 2.24) is 5.32 Å². The first-order valence-electron chi connectivity index (χ1n) is 4.01. The molecule has 1 atom stereocenters. The third-order valence-electron chi connectivity index (χ3n) is 1.49. The Hall–Kier alpha value is -1.63. The first-order valence-corrected chi connectivity index (χ1v) is 4.01. The van der Waals surface area contributed by atoms with Crippen molar-refractivity contribution in [3.05, 3.63) is 0 Å². The Bertz CT molecular complexity index is 241. The number of amides is 3. The molecule has 0 aromatic rings. The van der Waals surface area contributed by atoms with Crippen molar-refractivity contribution < 1.29 is 19.5 Å². The molecule has 0 bridgehead atoms. The van der Waals surface area contributed by atoms with E-state index in [0.29, 0.717) is 0 Å². The van der Waals surface area contributed by atoms with E-state index in [-0.39, 0.29) is 19.3 Å². The van der Waals surface area contributed by atoms with Crippen LogP contribution in [0, 0.1) is 0 Å². The number of hydrogen-bond acceptors (Lipinski definition) is 4. The molecule has 80 valence electrons. The first kappa shape index (κ1) is 12.4. The van der Waals surface area contributed by atoms with E-state index in [1.165, 1.54) is 0 Å². The average molecular weight is 203 g/mol. The SMILES string of the molecule is NC(=O)NC(=O)[C@@H](N)CCCC(=O)O. The van der Waals surface area contributed by atoms with Crippen LogP contribution in [0.5, 0.6) is 0 Å². The van der Waals surface area contributed by atoms with Gasteiger partial charge in [0.05, 0.1) is 6.04 Å². The number of hydrogen-bond donors (Lipinski definition) is 4. The van der Waals surface area contributed by atoms with Crippen LogP contribution < -0.4 is 16.8 Å². The summed E-state index contributed by atoms with van der Waals surface area (Å²) in [7, 11) is 0. The molecule has 7 nitrogen and oxygen atoms in total. The topological polar surface area (TPSA) is 136 Å². The van der Waals surface area contributed by atoms with E-state index in [9.17, 15) is 14.4 Å². The molecule has 0 fully saturated rings. The summed E-state index contributed by atoms with van der Waals surface area (Å²) in [6.45, 7) is 0. The van der Waals surface area contributed by atoms with Crippen molar-refractivity contribution >= 4 is 17.9 Å². The van der Waals surface area contributed by atoms with Crippen molar-refractivity contribution in [3.63, 3.8) is 0 Å². The average Bonchev–Trinajstić information content (AvgIpc) is 2.01. The van der Waals surface area contributed by atoms with Crippen LogP contribution in [0.1, 0.15) is 19.3 Å². The highest BCUT2D eigenvalue weighted by Crippen LogP contribution is 1.98. The van der Waals surface area contributed by atoms with E-state index in [1.807, 2.05) is 5.32 Å². The highest BCUT2D eigenvalue weighted by Gasteiger charge is 2.14. The van der Waals surface area contributed by atoms with Crippen LogP contribution in [0.3, 0.4) is 0 Å². The largest absolute Gasteiger partial charge is 0.481 e. The fourth-order valence-corrected chi connectivity index (χ4v) is 0.818. The Morgan fingerprint density at radius 2 is 1.93 bits per heavy atom. The lowest BCUT2D eigenvalue weighted by Gasteiger charge is -2.08. The maximum absolute atomic E-state index is 10.9. The minimum Gasteiger partial charge on any atom is -0.481 e. The highest BCUT2D eigenvalue weighted by atomic mass is 16.4. The smallest absolute Gasteiger partial charge is 0.318 e. The predicted molar refractivity (Wildman–Crippen MR) is 47.2 cm³/mol. The molecule has 0 spiro atoms. The zero-order chi connectivity index (χ0) is 11.1. The summed E-state index contributed by atoms with van der Waals surface area (Å²) < 4.78 is 0. The maximum atomic E-state index is 10.9. The van der Waals surface area contributed by atoms with Gasteiger partial charge in [-0.05, 0) is 12.8 Å². The van der Waals surface area contributed by atoms with Gasteiger partial charge in [0.2, 0.25) is 5.91 Å². The van der Waals surface area contributed by atoms with Crippen LogP contribution in [0.4, 0.5) is 4.79 Å². The van der Waals surface area contributed by atoms with Crippen LogP contribution in [-0.2, 0) is 9.59 Å². The van der Waals surface area contributed by atoms with Gasteiger partial charge >= 0.3 is 12.0 Å². The second-order valence-electron chi connectivity index (χ2n) is 2.75. The van der Waals surface area contributed by atoms with Gasteiger partial charge in [-0.3, -0.25) is 14.9 Å². The van der Waals surface area contributed by atoms with Gasteiger partial charge in [-0.2, -0.15) is 0 Å². The lowest BCUT2D eigenvalue weighted by Crippen LogP contribution is -2.45. The van der Waals surface area contributed by atoms with Gasteiger partial charge in [-0.15, -0.1) is 0 Å². The summed E-state index contributed by atoms with van der Waals surface area (Å²) in [5, 5.41) is 10.1. The van der Waals surface area contributed by atoms with Gasteiger partial charge in [-0.1, -0.05) is 0 Å². The number of nitrogens with two attached hydrogens (primary N) is 2. The van der Waals surface area contributed by atoms with E-state index < -0.39 is 23.9 Å². The number of aliphatic carboxylic acids is 1. The molecule has 6 N–H and O–H groups in total. The lowest BCUT2D eigenvalue weighted by molar-refractivity contribution is -0.137. The molecule has 0 unspecified atom stereocenters. The molecule has 0 saturated heterocycles. The summed E-state index contributed by atoms with van der Waals surface area (Å²) in [6, 6.07) is -1.87. The Labute approximate surface area is 80.4 Å². The van der Waals surface area contributed by atoms with Gasteiger partial charge in [0.1, 0.15) is 0 Å². The van der Waals surface area contributed by atoms with Crippen LogP contribution in [0.2, 0.25) is 0 Å². The molecular formula is C7H13N3O4. The number of primary amides is 1. The minimum absolute atomic E-state index is 0.0580. The molecule has 0 rings (SSSR count). The lowest BCUT2D eigenvalue weighted by atomic mass is 10.1. The molecule has 0 heterocycles. The molecule has 0 aromatic carbocycles. The Morgan fingerprint density at radius 3 is 2.36 bits per heavy atom. The molecular weight excluding hydrogens is 190 g/mol. The van der Waals surface area contributed by atoms with Crippen molar-refractivity contribution in [2.24, 2.45) is 11.5 Å². The number of carbonyl (C=O) groups is 3. The van der Waals surface area contributed by atoms with Crippen molar-refractivity contribution in [2.75, 3.05) is 0 Å². The van der Waals surface area contributed by atoms with Gasteiger partial charge in [-0.25, -0.2) is 4.79 Å². The molecule has 0 aliphatic heterocycles. The summed E-state index contributed by atoms with van der Waals surface area (Å²) in [6.07, 6.45) is 0.422. The summed E-state index contributed by atoms with van der Waals surface area (Å²) in [4.78, 5) is 31.3. The van der Waals surface area contributed by atoms with Gasteiger partial charge in [0.15, 0.2) is 0 Å². The molecule has 0 aliphatic carbocycles. The molecule has 0 radical (unpaired) electrons. The van der Waals surface area contributed by atoms with Gasteiger partial charge in [0.25, 0.3) is 0 Å². The first-order chi connectivity index (χ1) is 6.43. The number of carboxylic acid groups (broad SMARTS) is 1. The van der Waals surface area contributed by atoms with Crippen LogP contribution in [-0.4, -0.2) is 29.1 Å². The molecule has 14 heavy (non-hydrogen) atoms. The molecule has 7 heteroatoms. The summed E-state index contributed by atoms with van der Waals surface area (Å²) in [5.74, 6) is -1.64. The monoisotopic (exact) mass is 203 g/mol. The molecule has 0 saturated carbocycles. The van der Waals surface area contributed by atoms with E-state index >= 15 is 0 Å². The fourth-order valence-electron chi connectivity index (χ4n) is 0.818. The normalized spacial score (nSPS) is 11.8. The second-order valence-corrected chi connectivity index (χ2v) is 2.75. The number of carbonyl (C=O) groups excluding carboxylic acids is 2. The number of rotatable bonds is 5. The van der Waals surface area contributed by atoms with E-state index in [0.717, 1.165) is 0 Å². The Morgan fingerprint density at radius 1 is 1.36 bits per heavy atom. The Balaban J connectivity index is 3.72. The number of carboxylic acids is 1. The molecule has 3 amide bonds. The number of nitrogens with one attached hydrogen (secondary N) is 1. The van der Waals surface area contributed by atoms with Crippen molar-refractivity contribution in [2.45, 2.75) is 25.3 Å². The standard InChI is InChI=1S/C7H13N3O4/c8-4(2-1-3-5(11)12)6(13)10-7(9)14/h4H,1-3,8H2,(H,11,12)(H3,9,10,13,14)/t4-/m0/s1. The Kier molecular flexibility index (Phi) is 5.23. The second kappa shape index (κ2) is 5.92. The summed E-state index contributed by atoms with van der Waals surface area (Å²) in [5.41, 5.74) is 10.0. The van der Waals surface area contributed by atoms with Gasteiger partial charge < -0.3 is 16.6 Å². The quantitative estimate of drug-likeness (QED) is 0.443. The van der Waals surface area contributed by atoms with Crippen LogP contribution in [0.15, 0.2) is 0 Å². The van der Waals surface area contributed by atoms with Gasteiger partial charge in [0, 0.05) is 6.42 Å². The van der Waals surface area contributed by atoms with E-state index in [2.05, 4.69) is 5.73 Å². The predicted octanol–water partition coefficient (Wildman–Crippen LogP) is -1.24. The molecule has 0 aliphatic rings. The van der Waals surface area contributed by atoms with Crippen LogP contribution >= 0.6 is 0 Å². The summed E-state index contributed by atoms with van der Waals surface area (Å²) >= 11 is 0. The zero-order valence-corrected chi connectivity index (χ0v) is 7.53. The number of imide groups is 1. The van der Waals surface area contributed by atoms with Crippen LogP contribution in [0.25, 0.3) is 0 Å². The van der Waals surface area contributed by atoms with E-state index in [1.54, 1.807) is 0 Å². The third kappa shape index (κ3) is 5.95.